The molecule has 0 fully saturated rings. The molecule has 0 amide bonds. The molecule has 9 aromatic carbocycles. The van der Waals surface area contributed by atoms with Gasteiger partial charge in [0.25, 0.3) is 0 Å². The third kappa shape index (κ3) is 4.75. The lowest BCUT2D eigenvalue weighted by atomic mass is 9.67. The minimum atomic E-state index is -0.494. The molecule has 2 heteroatoms. The van der Waals surface area contributed by atoms with Gasteiger partial charge in [-0.25, -0.2) is 0 Å². The van der Waals surface area contributed by atoms with E-state index < -0.39 is 5.41 Å². The van der Waals surface area contributed by atoms with Gasteiger partial charge in [0, 0.05) is 33.4 Å². The molecule has 11 rings (SSSR count). The molecule has 0 spiro atoms. The van der Waals surface area contributed by atoms with Crippen molar-refractivity contribution >= 4 is 49.8 Å². The molecule has 0 unspecified atom stereocenters. The highest BCUT2D eigenvalue weighted by Crippen LogP contribution is 2.57. The first kappa shape index (κ1) is 31.4. The van der Waals surface area contributed by atoms with E-state index in [-0.39, 0.29) is 0 Å². The summed E-state index contributed by atoms with van der Waals surface area (Å²) in [5.41, 5.74) is 14.4. The number of hydrogen-bond donors (Lipinski definition) is 0. The van der Waals surface area contributed by atoms with E-state index in [4.69, 9.17) is 4.42 Å². The van der Waals surface area contributed by atoms with Gasteiger partial charge < -0.3 is 9.32 Å². The first-order chi connectivity index (χ1) is 27.3. The van der Waals surface area contributed by atoms with Crippen molar-refractivity contribution in [3.63, 3.8) is 0 Å². The lowest BCUT2D eigenvalue weighted by molar-refractivity contribution is 0.670. The summed E-state index contributed by atoms with van der Waals surface area (Å²) in [5.74, 6) is 0. The summed E-state index contributed by atoms with van der Waals surface area (Å²) < 4.78 is 6.80. The van der Waals surface area contributed by atoms with Crippen molar-refractivity contribution in [1.82, 2.24) is 0 Å². The average Bonchev–Trinajstić information content (AvgIpc) is 3.77. The van der Waals surface area contributed by atoms with Crippen LogP contribution in [0, 0.1) is 0 Å². The molecular formula is C53H35NO. The zero-order chi connectivity index (χ0) is 36.3. The predicted molar refractivity (Wildman–Crippen MR) is 229 cm³/mol. The van der Waals surface area contributed by atoms with E-state index >= 15 is 0 Å². The number of nitrogens with zero attached hydrogens (tertiary/aromatic N) is 1. The van der Waals surface area contributed by atoms with Crippen LogP contribution < -0.4 is 4.90 Å². The molecule has 1 aliphatic rings. The van der Waals surface area contributed by atoms with Crippen LogP contribution in [-0.2, 0) is 5.41 Å². The van der Waals surface area contributed by atoms with E-state index in [9.17, 15) is 0 Å². The van der Waals surface area contributed by atoms with Gasteiger partial charge in [0.2, 0.25) is 0 Å². The van der Waals surface area contributed by atoms with Gasteiger partial charge in [0.15, 0.2) is 0 Å². The lowest BCUT2D eigenvalue weighted by Gasteiger charge is -2.35. The van der Waals surface area contributed by atoms with E-state index in [1.165, 1.54) is 44.2 Å². The Labute approximate surface area is 320 Å². The van der Waals surface area contributed by atoms with Crippen LogP contribution in [0.15, 0.2) is 217 Å². The number of para-hydroxylation sites is 1. The van der Waals surface area contributed by atoms with Crippen LogP contribution in [0.25, 0.3) is 55.0 Å². The maximum absolute atomic E-state index is 6.80. The van der Waals surface area contributed by atoms with Gasteiger partial charge >= 0.3 is 0 Å². The number of benzene rings is 9. The second-order valence-electron chi connectivity index (χ2n) is 14.4. The van der Waals surface area contributed by atoms with Crippen LogP contribution >= 0.6 is 0 Å². The van der Waals surface area contributed by atoms with Crippen molar-refractivity contribution in [2.45, 2.75) is 5.41 Å². The van der Waals surface area contributed by atoms with Crippen LogP contribution in [-0.4, -0.2) is 0 Å². The van der Waals surface area contributed by atoms with E-state index in [1.807, 2.05) is 0 Å². The molecule has 0 N–H and O–H groups in total. The zero-order valence-corrected chi connectivity index (χ0v) is 30.1. The Balaban J connectivity index is 1.17. The highest BCUT2D eigenvalue weighted by atomic mass is 16.3. The van der Waals surface area contributed by atoms with E-state index in [0.29, 0.717) is 0 Å². The van der Waals surface area contributed by atoms with Crippen LogP contribution in [0.4, 0.5) is 17.1 Å². The summed E-state index contributed by atoms with van der Waals surface area (Å²) in [7, 11) is 0. The number of anilines is 3. The van der Waals surface area contributed by atoms with Gasteiger partial charge in [0.05, 0.1) is 5.41 Å². The smallest absolute Gasteiger partial charge is 0.143 e. The largest absolute Gasteiger partial charge is 0.455 e. The first-order valence-electron chi connectivity index (χ1n) is 18.9. The third-order valence-electron chi connectivity index (χ3n) is 11.5. The summed E-state index contributed by atoms with van der Waals surface area (Å²) >= 11 is 0. The topological polar surface area (TPSA) is 16.4 Å². The third-order valence-corrected chi connectivity index (χ3v) is 11.5. The molecule has 0 aliphatic heterocycles. The summed E-state index contributed by atoms with van der Waals surface area (Å²) in [4.78, 5) is 2.39. The maximum Gasteiger partial charge on any atom is 0.143 e. The van der Waals surface area contributed by atoms with Gasteiger partial charge in [-0.1, -0.05) is 164 Å². The van der Waals surface area contributed by atoms with E-state index in [0.717, 1.165) is 50.1 Å². The molecule has 0 radical (unpaired) electrons. The van der Waals surface area contributed by atoms with Gasteiger partial charge in [-0.2, -0.15) is 0 Å². The Bertz CT molecular complexity index is 2980. The number of fused-ring (bicyclic) bond motifs is 7. The Morgan fingerprint density at radius 2 is 0.964 bits per heavy atom. The quantitative estimate of drug-likeness (QED) is 0.172. The Kier molecular flexibility index (Phi) is 7.11. The molecule has 10 aromatic rings. The fourth-order valence-electron chi connectivity index (χ4n) is 9.19. The lowest BCUT2D eigenvalue weighted by Crippen LogP contribution is -2.28. The Morgan fingerprint density at radius 1 is 0.382 bits per heavy atom. The fourth-order valence-corrected chi connectivity index (χ4v) is 9.19. The molecule has 2 nitrogen and oxygen atoms in total. The monoisotopic (exact) mass is 701 g/mol. The fraction of sp³-hybridized carbons (Fsp3) is 0.0189. The van der Waals surface area contributed by atoms with Crippen molar-refractivity contribution in [1.29, 1.82) is 0 Å². The van der Waals surface area contributed by atoms with E-state index in [1.54, 1.807) is 0 Å². The number of hydrogen-bond acceptors (Lipinski definition) is 2. The standard InChI is InChI=1S/C53H35NO/c1-5-17-36(18-6-1)51-43-26-14-13-19-37(43)33-47-46-34-41(30-32-50(46)55-52(47)51)54(40-24-11-4-12-25-40)42-29-31-45-44-27-15-16-28-48(44)53(49(45)35-42,38-20-7-2-8-21-38)39-22-9-3-10-23-39/h1-35H. The van der Waals surface area contributed by atoms with Gasteiger partial charge in [0.1, 0.15) is 11.2 Å². The summed E-state index contributed by atoms with van der Waals surface area (Å²) in [6.45, 7) is 0. The average molecular weight is 702 g/mol. The van der Waals surface area contributed by atoms with Gasteiger partial charge in [-0.3, -0.25) is 0 Å². The van der Waals surface area contributed by atoms with Crippen molar-refractivity contribution < 1.29 is 4.42 Å². The summed E-state index contributed by atoms with van der Waals surface area (Å²) in [5, 5.41) is 4.58. The van der Waals surface area contributed by atoms with Crippen molar-refractivity contribution in [3.05, 3.63) is 235 Å². The first-order valence-corrected chi connectivity index (χ1v) is 18.9. The minimum Gasteiger partial charge on any atom is -0.455 e. The van der Waals surface area contributed by atoms with Gasteiger partial charge in [-0.15, -0.1) is 0 Å². The van der Waals surface area contributed by atoms with Crippen molar-refractivity contribution in [2.75, 3.05) is 4.90 Å². The molecule has 0 saturated heterocycles. The highest BCUT2D eigenvalue weighted by Gasteiger charge is 2.46. The molecule has 258 valence electrons. The molecular weight excluding hydrogens is 667 g/mol. The van der Waals surface area contributed by atoms with Crippen molar-refractivity contribution in [3.8, 4) is 22.3 Å². The van der Waals surface area contributed by atoms with Gasteiger partial charge in [-0.05, 0) is 98.2 Å². The molecule has 1 heterocycles. The second-order valence-corrected chi connectivity index (χ2v) is 14.4. The number of furan rings is 1. The van der Waals surface area contributed by atoms with Crippen molar-refractivity contribution in [2.24, 2.45) is 0 Å². The maximum atomic E-state index is 6.80. The zero-order valence-electron chi connectivity index (χ0n) is 30.1. The normalized spacial score (nSPS) is 12.9. The highest BCUT2D eigenvalue weighted by molar-refractivity contribution is 6.18. The van der Waals surface area contributed by atoms with Crippen LogP contribution in [0.3, 0.4) is 0 Å². The second kappa shape index (κ2) is 12.5. The molecule has 0 saturated carbocycles. The molecule has 1 aromatic heterocycles. The molecule has 0 bridgehead atoms. The van der Waals surface area contributed by atoms with Crippen LogP contribution in [0.5, 0.6) is 0 Å². The molecule has 1 aliphatic carbocycles. The summed E-state index contributed by atoms with van der Waals surface area (Å²) in [6, 6.07) is 76.9. The molecule has 0 atom stereocenters. The van der Waals surface area contributed by atoms with Crippen LogP contribution in [0.2, 0.25) is 0 Å². The Morgan fingerprint density at radius 3 is 1.71 bits per heavy atom. The van der Waals surface area contributed by atoms with E-state index in [2.05, 4.69) is 217 Å². The number of rotatable bonds is 6. The summed E-state index contributed by atoms with van der Waals surface area (Å²) in [6.07, 6.45) is 0. The predicted octanol–water partition coefficient (Wildman–Crippen LogP) is 14.2. The SMILES string of the molecule is c1ccc(-c2c3ccccc3cc3c2oc2ccc(N(c4ccccc4)c4ccc5c(c4)C(c4ccccc4)(c4ccccc4)c4ccccc4-5)cc23)cc1. The minimum absolute atomic E-state index is 0.494. The van der Waals surface area contributed by atoms with Crippen LogP contribution in [0.1, 0.15) is 22.3 Å². The molecule has 55 heavy (non-hydrogen) atoms. The Hall–Kier alpha value is -7.16.